The fourth-order valence-electron chi connectivity index (χ4n) is 3.63. The largest absolute Gasteiger partial charge is 0.496 e. The molecule has 3 heteroatoms. The van der Waals surface area contributed by atoms with Gasteiger partial charge in [0.25, 0.3) is 0 Å². The second-order valence-electron chi connectivity index (χ2n) is 5.76. The van der Waals surface area contributed by atoms with Gasteiger partial charge >= 0.3 is 5.97 Å². The number of methoxy groups -OCH3 is 1. The summed E-state index contributed by atoms with van der Waals surface area (Å²) >= 11 is 0. The van der Waals surface area contributed by atoms with Crippen molar-refractivity contribution >= 4 is 5.97 Å². The van der Waals surface area contributed by atoms with Gasteiger partial charge in [0.2, 0.25) is 0 Å². The van der Waals surface area contributed by atoms with E-state index in [-0.39, 0.29) is 18.0 Å². The summed E-state index contributed by atoms with van der Waals surface area (Å²) < 4.78 is 11.1. The van der Waals surface area contributed by atoms with Crippen molar-refractivity contribution in [1.82, 2.24) is 0 Å². The predicted molar refractivity (Wildman–Crippen MR) is 72.3 cm³/mol. The van der Waals surface area contributed by atoms with Crippen molar-refractivity contribution in [2.75, 3.05) is 7.11 Å². The summed E-state index contributed by atoms with van der Waals surface area (Å²) in [7, 11) is 1.69. The van der Waals surface area contributed by atoms with E-state index in [0.717, 1.165) is 24.2 Å². The fourth-order valence-corrected chi connectivity index (χ4v) is 3.63. The second kappa shape index (κ2) is 4.26. The van der Waals surface area contributed by atoms with Crippen LogP contribution in [0.1, 0.15) is 41.7 Å². The summed E-state index contributed by atoms with van der Waals surface area (Å²) in [5.74, 6) is 1.18. The highest BCUT2D eigenvalue weighted by Gasteiger charge is 2.46. The smallest absolute Gasteiger partial charge is 0.309 e. The van der Waals surface area contributed by atoms with E-state index in [1.807, 2.05) is 6.92 Å². The molecule has 0 amide bonds. The van der Waals surface area contributed by atoms with Gasteiger partial charge in [-0.3, -0.25) is 4.79 Å². The molecule has 102 valence electrons. The molecule has 0 radical (unpaired) electrons. The number of carbonyl (C=O) groups excluding carboxylic acids is 1. The van der Waals surface area contributed by atoms with Crippen LogP contribution >= 0.6 is 0 Å². The molecule has 1 aromatic rings. The summed E-state index contributed by atoms with van der Waals surface area (Å²) in [4.78, 5) is 11.8. The van der Waals surface area contributed by atoms with Crippen molar-refractivity contribution in [3.8, 4) is 5.75 Å². The van der Waals surface area contributed by atoms with Gasteiger partial charge in [0, 0.05) is 11.5 Å². The minimum Gasteiger partial charge on any atom is -0.496 e. The number of rotatable bonds is 1. The van der Waals surface area contributed by atoms with Gasteiger partial charge in [0.15, 0.2) is 0 Å². The first kappa shape index (κ1) is 12.5. The topological polar surface area (TPSA) is 35.5 Å². The molecule has 0 aromatic heterocycles. The van der Waals surface area contributed by atoms with Crippen molar-refractivity contribution < 1.29 is 14.3 Å². The lowest BCUT2D eigenvalue weighted by Gasteiger charge is -2.31. The Morgan fingerprint density at radius 1 is 1.37 bits per heavy atom. The minimum atomic E-state index is -0.0694. The molecule has 19 heavy (non-hydrogen) atoms. The molecule has 1 aromatic carbocycles. The molecule has 3 rings (SSSR count). The van der Waals surface area contributed by atoms with Crippen molar-refractivity contribution in [2.24, 2.45) is 11.8 Å². The average molecular weight is 260 g/mol. The zero-order chi connectivity index (χ0) is 13.7. The van der Waals surface area contributed by atoms with E-state index in [0.29, 0.717) is 5.92 Å². The van der Waals surface area contributed by atoms with E-state index in [9.17, 15) is 4.79 Å². The number of hydrogen-bond acceptors (Lipinski definition) is 3. The van der Waals surface area contributed by atoms with E-state index >= 15 is 0 Å². The normalized spacial score (nSPS) is 28.6. The van der Waals surface area contributed by atoms with Crippen LogP contribution < -0.4 is 4.74 Å². The molecule has 0 unspecified atom stereocenters. The van der Waals surface area contributed by atoms with Crippen LogP contribution in [0.4, 0.5) is 0 Å². The highest BCUT2D eigenvalue weighted by molar-refractivity contribution is 5.76. The SMILES string of the molecule is COc1cc(C)c2c(c1C)[C@@H]1OC(=O)[C@@H](C)[C@@H]1CC2. The van der Waals surface area contributed by atoms with Crippen molar-refractivity contribution in [2.45, 2.75) is 39.7 Å². The van der Waals surface area contributed by atoms with Crippen molar-refractivity contribution in [3.63, 3.8) is 0 Å². The zero-order valence-corrected chi connectivity index (χ0v) is 11.9. The molecule has 3 nitrogen and oxygen atoms in total. The maximum atomic E-state index is 11.8. The predicted octanol–water partition coefficient (Wildman–Crippen LogP) is 3.11. The van der Waals surface area contributed by atoms with Crippen LogP contribution in [-0.2, 0) is 16.0 Å². The molecule has 0 bridgehead atoms. The summed E-state index contributed by atoms with van der Waals surface area (Å²) in [6, 6.07) is 2.09. The Balaban J connectivity index is 2.17. The van der Waals surface area contributed by atoms with E-state index < -0.39 is 0 Å². The molecular weight excluding hydrogens is 240 g/mol. The quantitative estimate of drug-likeness (QED) is 0.728. The molecule has 0 N–H and O–H groups in total. The molecule has 0 saturated carbocycles. The standard InChI is InChI=1S/C16H20O3/c1-8-7-13(18-4)10(3)14-11(8)5-6-12-9(2)16(17)19-15(12)14/h7,9,12,15H,5-6H2,1-4H3/t9-,12-,15+/m0/s1. The minimum absolute atomic E-state index is 0.0176. The highest BCUT2D eigenvalue weighted by atomic mass is 16.6. The molecule has 1 saturated heterocycles. The van der Waals surface area contributed by atoms with E-state index in [4.69, 9.17) is 9.47 Å². The molecule has 0 spiro atoms. The summed E-state index contributed by atoms with van der Waals surface area (Å²) in [5.41, 5.74) is 4.92. The zero-order valence-electron chi connectivity index (χ0n) is 11.9. The first-order valence-corrected chi connectivity index (χ1v) is 6.92. The third-order valence-electron chi connectivity index (χ3n) is 4.80. The Morgan fingerprint density at radius 2 is 2.11 bits per heavy atom. The molecule has 1 aliphatic heterocycles. The molecule has 3 atom stereocenters. The third-order valence-corrected chi connectivity index (χ3v) is 4.80. The number of hydrogen-bond donors (Lipinski definition) is 0. The van der Waals surface area contributed by atoms with Crippen LogP contribution in [0.15, 0.2) is 6.07 Å². The Hall–Kier alpha value is -1.51. The van der Waals surface area contributed by atoms with E-state index in [2.05, 4.69) is 19.9 Å². The van der Waals surface area contributed by atoms with Gasteiger partial charge < -0.3 is 9.47 Å². The summed E-state index contributed by atoms with van der Waals surface area (Å²) in [6.07, 6.45) is 2.01. The lowest BCUT2D eigenvalue weighted by Crippen LogP contribution is -2.22. The van der Waals surface area contributed by atoms with Crippen LogP contribution in [0.3, 0.4) is 0 Å². The van der Waals surface area contributed by atoms with Crippen LogP contribution in [0.2, 0.25) is 0 Å². The molecular formula is C16H20O3. The number of esters is 1. The van der Waals surface area contributed by atoms with Gasteiger partial charge in [-0.1, -0.05) is 6.92 Å². The Bertz CT molecular complexity index is 547. The number of benzene rings is 1. The Kier molecular flexibility index (Phi) is 2.80. The maximum Gasteiger partial charge on any atom is 0.309 e. The van der Waals surface area contributed by atoms with Crippen LogP contribution in [-0.4, -0.2) is 13.1 Å². The van der Waals surface area contributed by atoms with Gasteiger partial charge in [-0.2, -0.15) is 0 Å². The molecule has 1 heterocycles. The van der Waals surface area contributed by atoms with E-state index in [1.165, 1.54) is 16.7 Å². The average Bonchev–Trinajstić information content (AvgIpc) is 2.69. The van der Waals surface area contributed by atoms with Crippen LogP contribution in [0.5, 0.6) is 5.75 Å². The summed E-state index contributed by atoms with van der Waals surface area (Å²) in [5, 5.41) is 0. The third kappa shape index (κ3) is 1.67. The van der Waals surface area contributed by atoms with E-state index in [1.54, 1.807) is 7.11 Å². The van der Waals surface area contributed by atoms with Gasteiger partial charge in [0.1, 0.15) is 11.9 Å². The first-order valence-electron chi connectivity index (χ1n) is 6.92. The number of fused-ring (bicyclic) bond motifs is 3. The second-order valence-corrected chi connectivity index (χ2v) is 5.76. The van der Waals surface area contributed by atoms with Gasteiger partial charge in [-0.25, -0.2) is 0 Å². The highest BCUT2D eigenvalue weighted by Crippen LogP contribution is 2.49. The lowest BCUT2D eigenvalue weighted by molar-refractivity contribution is -0.144. The molecule has 1 fully saturated rings. The van der Waals surface area contributed by atoms with Gasteiger partial charge in [-0.15, -0.1) is 0 Å². The molecule has 1 aliphatic carbocycles. The van der Waals surface area contributed by atoms with Gasteiger partial charge in [0.05, 0.1) is 13.0 Å². The first-order chi connectivity index (χ1) is 9.04. The van der Waals surface area contributed by atoms with Crippen LogP contribution in [0, 0.1) is 25.7 Å². The Labute approximate surface area is 113 Å². The lowest BCUT2D eigenvalue weighted by atomic mass is 9.74. The maximum absolute atomic E-state index is 11.8. The summed E-state index contributed by atoms with van der Waals surface area (Å²) in [6.45, 7) is 6.16. The number of carbonyl (C=O) groups is 1. The number of aryl methyl sites for hydroxylation is 1. The van der Waals surface area contributed by atoms with Gasteiger partial charge in [-0.05, 0) is 49.4 Å². The Morgan fingerprint density at radius 3 is 2.79 bits per heavy atom. The number of ether oxygens (including phenoxy) is 2. The fraction of sp³-hybridized carbons (Fsp3) is 0.562. The van der Waals surface area contributed by atoms with Crippen LogP contribution in [0.25, 0.3) is 0 Å². The van der Waals surface area contributed by atoms with Crippen molar-refractivity contribution in [3.05, 3.63) is 28.3 Å². The van der Waals surface area contributed by atoms with Crippen molar-refractivity contribution in [1.29, 1.82) is 0 Å². The monoisotopic (exact) mass is 260 g/mol. The molecule has 2 aliphatic rings.